The Balaban J connectivity index is 1.48. The number of aromatic nitrogens is 5. The summed E-state index contributed by atoms with van der Waals surface area (Å²) in [5, 5.41) is 9.38. The number of likely N-dealkylation sites (tertiary alicyclic amines) is 1. The maximum atomic E-state index is 13.5. The molecule has 5 heterocycles. The number of benzene rings is 2. The molecule has 0 aliphatic carbocycles. The van der Waals surface area contributed by atoms with Gasteiger partial charge in [0.15, 0.2) is 0 Å². The SMILES string of the molecule is Cc1nnn(C)c1-c1cnc2c3cc(C(=O)N4CC(F)C4)ccc3n([C@H](c3ccccc3)C3CCOCC3)c2c1. The highest BCUT2D eigenvalue weighted by atomic mass is 19.1. The number of nitrogens with zero attached hydrogens (tertiary/aromatic N) is 6. The fourth-order valence-corrected chi connectivity index (χ4v) is 6.42. The minimum atomic E-state index is -0.939. The lowest BCUT2D eigenvalue weighted by Crippen LogP contribution is -2.51. The summed E-state index contributed by atoms with van der Waals surface area (Å²) in [6.07, 6.45) is 2.83. The Bertz CT molecular complexity index is 1700. The average molecular weight is 539 g/mol. The maximum Gasteiger partial charge on any atom is 0.254 e. The fourth-order valence-electron chi connectivity index (χ4n) is 6.42. The molecule has 2 saturated heterocycles. The van der Waals surface area contributed by atoms with Crippen molar-refractivity contribution in [3.63, 3.8) is 0 Å². The molecular weight excluding hydrogens is 507 g/mol. The monoisotopic (exact) mass is 538 g/mol. The van der Waals surface area contributed by atoms with Gasteiger partial charge in [-0.1, -0.05) is 35.5 Å². The van der Waals surface area contributed by atoms with E-state index in [9.17, 15) is 9.18 Å². The van der Waals surface area contributed by atoms with Crippen molar-refractivity contribution in [2.24, 2.45) is 13.0 Å². The van der Waals surface area contributed by atoms with E-state index in [1.165, 1.54) is 5.56 Å². The van der Waals surface area contributed by atoms with Crippen LogP contribution in [0.3, 0.4) is 0 Å². The zero-order valence-electron chi connectivity index (χ0n) is 22.6. The standard InChI is InChI=1S/C31H31FN6O2/c1-19-29(36(2)35-34-19)23-15-27-28(33-16-23)25-14-22(31(39)37-17-24(32)18-37)8-9-26(25)38(27)30(20-6-4-3-5-7-20)21-10-12-40-13-11-21/h3-9,14-16,21,24,30H,10-13,17-18H2,1-2H3/t30-/m1/s1. The number of ether oxygens (including phenoxy) is 1. The van der Waals surface area contributed by atoms with Crippen LogP contribution >= 0.6 is 0 Å². The van der Waals surface area contributed by atoms with Crippen LogP contribution in [0.5, 0.6) is 0 Å². The Morgan fingerprint density at radius 3 is 2.52 bits per heavy atom. The molecule has 40 heavy (non-hydrogen) atoms. The number of alkyl halides is 1. The number of fused-ring (bicyclic) bond motifs is 3. The van der Waals surface area contributed by atoms with Crippen LogP contribution in [0.25, 0.3) is 33.2 Å². The molecule has 0 bridgehead atoms. The Morgan fingerprint density at radius 1 is 1.05 bits per heavy atom. The van der Waals surface area contributed by atoms with Crippen molar-refractivity contribution in [1.29, 1.82) is 0 Å². The van der Waals surface area contributed by atoms with E-state index in [0.717, 1.165) is 64.9 Å². The summed E-state index contributed by atoms with van der Waals surface area (Å²) in [6.45, 7) is 3.72. The van der Waals surface area contributed by atoms with Gasteiger partial charge in [-0.25, -0.2) is 9.07 Å². The van der Waals surface area contributed by atoms with Crippen molar-refractivity contribution in [2.45, 2.75) is 32.0 Å². The van der Waals surface area contributed by atoms with Crippen LogP contribution in [0.4, 0.5) is 4.39 Å². The molecule has 2 fully saturated rings. The molecule has 0 radical (unpaired) electrons. The van der Waals surface area contributed by atoms with Crippen molar-refractivity contribution in [3.05, 3.63) is 77.6 Å². The third-order valence-corrected chi connectivity index (χ3v) is 8.41. The Kier molecular flexibility index (Phi) is 6.11. The number of carbonyl (C=O) groups is 1. The quantitative estimate of drug-likeness (QED) is 0.311. The summed E-state index contributed by atoms with van der Waals surface area (Å²) in [7, 11) is 1.89. The lowest BCUT2D eigenvalue weighted by molar-refractivity contribution is 0.0400. The second-order valence-corrected chi connectivity index (χ2v) is 11.0. The molecule has 2 aliphatic rings. The molecule has 1 atom stereocenters. The molecule has 0 spiro atoms. The van der Waals surface area contributed by atoms with Crippen molar-refractivity contribution >= 4 is 27.8 Å². The van der Waals surface area contributed by atoms with Gasteiger partial charge in [-0.3, -0.25) is 9.78 Å². The van der Waals surface area contributed by atoms with Gasteiger partial charge in [-0.2, -0.15) is 0 Å². The molecule has 7 rings (SSSR count). The molecule has 0 unspecified atom stereocenters. The first-order valence-electron chi connectivity index (χ1n) is 13.9. The molecule has 2 aliphatic heterocycles. The minimum absolute atomic E-state index is 0.0529. The number of hydrogen-bond donors (Lipinski definition) is 0. The van der Waals surface area contributed by atoms with Crippen molar-refractivity contribution in [2.75, 3.05) is 26.3 Å². The average Bonchev–Trinajstić information content (AvgIpc) is 3.47. The third kappa shape index (κ3) is 4.07. The van der Waals surface area contributed by atoms with Crippen molar-refractivity contribution < 1.29 is 13.9 Å². The second-order valence-electron chi connectivity index (χ2n) is 11.0. The van der Waals surface area contributed by atoms with Gasteiger partial charge in [0.1, 0.15) is 6.17 Å². The van der Waals surface area contributed by atoms with Gasteiger partial charge in [-0.15, -0.1) is 5.10 Å². The van der Waals surface area contributed by atoms with Gasteiger partial charge < -0.3 is 14.2 Å². The number of pyridine rings is 1. The van der Waals surface area contributed by atoms with Gasteiger partial charge in [0, 0.05) is 43.0 Å². The number of halogens is 1. The molecule has 204 valence electrons. The molecule has 9 heteroatoms. The highest BCUT2D eigenvalue weighted by Gasteiger charge is 2.33. The van der Waals surface area contributed by atoms with Crippen LogP contribution in [0.1, 0.15) is 40.5 Å². The Morgan fingerprint density at radius 2 is 1.82 bits per heavy atom. The van der Waals surface area contributed by atoms with E-state index in [1.54, 1.807) is 9.58 Å². The number of carbonyl (C=O) groups excluding carboxylic acids is 1. The summed E-state index contributed by atoms with van der Waals surface area (Å²) in [5.74, 6) is 0.219. The molecule has 2 aromatic carbocycles. The summed E-state index contributed by atoms with van der Waals surface area (Å²) in [4.78, 5) is 19.7. The molecule has 5 aromatic rings. The second kappa shape index (κ2) is 9.82. The van der Waals surface area contributed by atoms with E-state index >= 15 is 0 Å². The lowest BCUT2D eigenvalue weighted by Gasteiger charge is -2.34. The first-order chi connectivity index (χ1) is 19.5. The third-order valence-electron chi connectivity index (χ3n) is 8.41. The van der Waals surface area contributed by atoms with E-state index in [-0.39, 0.29) is 25.0 Å². The largest absolute Gasteiger partial charge is 0.381 e. The van der Waals surface area contributed by atoms with Crippen LogP contribution < -0.4 is 0 Å². The van der Waals surface area contributed by atoms with Crippen LogP contribution in [0.2, 0.25) is 0 Å². The number of amides is 1. The van der Waals surface area contributed by atoms with Gasteiger partial charge in [-0.05, 0) is 55.5 Å². The highest BCUT2D eigenvalue weighted by molar-refractivity contribution is 6.09. The molecule has 0 saturated carbocycles. The summed E-state index contributed by atoms with van der Waals surface area (Å²) in [5.41, 5.74) is 7.32. The molecule has 3 aromatic heterocycles. The zero-order chi connectivity index (χ0) is 27.4. The number of rotatable bonds is 5. The minimum Gasteiger partial charge on any atom is -0.381 e. The first kappa shape index (κ1) is 24.9. The normalized spacial score (nSPS) is 17.4. The number of aryl methyl sites for hydroxylation is 2. The van der Waals surface area contributed by atoms with E-state index in [4.69, 9.17) is 9.72 Å². The van der Waals surface area contributed by atoms with E-state index in [1.807, 2.05) is 44.4 Å². The molecule has 8 nitrogen and oxygen atoms in total. The molecule has 0 N–H and O–H groups in total. The van der Waals surface area contributed by atoms with Gasteiger partial charge >= 0.3 is 0 Å². The number of hydrogen-bond acceptors (Lipinski definition) is 5. The highest BCUT2D eigenvalue weighted by Crippen LogP contribution is 2.41. The maximum absolute atomic E-state index is 13.5. The van der Waals surface area contributed by atoms with Crippen LogP contribution in [-0.4, -0.2) is 67.8 Å². The van der Waals surface area contributed by atoms with Crippen molar-refractivity contribution in [3.8, 4) is 11.3 Å². The van der Waals surface area contributed by atoms with Crippen LogP contribution in [-0.2, 0) is 11.8 Å². The fraction of sp³-hybridized carbons (Fsp3) is 0.355. The summed E-state index contributed by atoms with van der Waals surface area (Å²) < 4.78 is 23.5. The van der Waals surface area contributed by atoms with E-state index in [0.29, 0.717) is 11.5 Å². The van der Waals surface area contributed by atoms with Gasteiger partial charge in [0.25, 0.3) is 5.91 Å². The first-order valence-corrected chi connectivity index (χ1v) is 13.9. The van der Waals surface area contributed by atoms with Crippen LogP contribution in [0.15, 0.2) is 60.8 Å². The summed E-state index contributed by atoms with van der Waals surface area (Å²) in [6, 6.07) is 18.7. The predicted octanol–water partition coefficient (Wildman–Crippen LogP) is 5.10. The van der Waals surface area contributed by atoms with Crippen LogP contribution in [0, 0.1) is 12.8 Å². The Hall–Kier alpha value is -4.11. The molecular formula is C31H31FN6O2. The van der Waals surface area contributed by atoms with E-state index < -0.39 is 6.17 Å². The van der Waals surface area contributed by atoms with Gasteiger partial charge in [0.2, 0.25) is 0 Å². The van der Waals surface area contributed by atoms with Gasteiger partial charge in [0.05, 0.1) is 47.1 Å². The van der Waals surface area contributed by atoms with E-state index in [2.05, 4.69) is 45.2 Å². The van der Waals surface area contributed by atoms with Crippen molar-refractivity contribution in [1.82, 2.24) is 29.4 Å². The Labute approximate surface area is 231 Å². The summed E-state index contributed by atoms with van der Waals surface area (Å²) >= 11 is 0. The topological polar surface area (TPSA) is 78.1 Å². The molecule has 1 amide bonds. The smallest absolute Gasteiger partial charge is 0.254 e. The zero-order valence-corrected chi connectivity index (χ0v) is 22.6. The lowest BCUT2D eigenvalue weighted by atomic mass is 9.86. The predicted molar refractivity (Wildman–Crippen MR) is 151 cm³/mol.